The van der Waals surface area contributed by atoms with E-state index in [9.17, 15) is 20.9 Å². The predicted octanol–water partition coefficient (Wildman–Crippen LogP) is 17.0. The zero-order chi connectivity index (χ0) is 77.6. The van der Waals surface area contributed by atoms with Crippen molar-refractivity contribution in [3.05, 3.63) is 136 Å². The molecule has 0 saturated heterocycles. The van der Waals surface area contributed by atoms with E-state index >= 15 is 0 Å². The van der Waals surface area contributed by atoms with Crippen LogP contribution in [0.25, 0.3) is 0 Å². The van der Waals surface area contributed by atoms with Crippen LogP contribution in [0.5, 0.6) is 69.0 Å². The maximum absolute atomic E-state index is 10.4. The van der Waals surface area contributed by atoms with Crippen LogP contribution in [-0.4, -0.2) is 122 Å². The van der Waals surface area contributed by atoms with Crippen molar-refractivity contribution in [1.82, 2.24) is 19.6 Å². The summed E-state index contributed by atoms with van der Waals surface area (Å²) >= 11 is 0. The Hall–Kier alpha value is -8.92. The van der Waals surface area contributed by atoms with Gasteiger partial charge in [-0.3, -0.25) is 19.6 Å². The lowest BCUT2D eigenvalue weighted by Crippen LogP contribution is -2.32. The molecule has 6 aromatic rings. The molecule has 0 saturated carbocycles. The molecule has 0 aromatic heterocycles. The van der Waals surface area contributed by atoms with Gasteiger partial charge in [-0.1, -0.05) is 121 Å². The zero-order valence-electron chi connectivity index (χ0n) is 67.5. The van der Waals surface area contributed by atoms with Crippen LogP contribution in [0.2, 0.25) is 0 Å². The first-order valence-corrected chi connectivity index (χ1v) is 38.0. The molecule has 4 aliphatic carbocycles. The Kier molecular flexibility index (Phi) is 21.4. The smallest absolute Gasteiger partial charge is 0.189 e. The van der Waals surface area contributed by atoms with E-state index in [1.165, 1.54) is 50.1 Å². The highest BCUT2D eigenvalue weighted by molar-refractivity contribution is 6.08. The van der Waals surface area contributed by atoms with Gasteiger partial charge in [0.1, 0.15) is 23.3 Å². The summed E-state index contributed by atoms with van der Waals surface area (Å²) in [6.07, 6.45) is 3.54. The van der Waals surface area contributed by atoms with Crippen LogP contribution < -0.4 is 49.4 Å². The first-order chi connectivity index (χ1) is 50.2. The van der Waals surface area contributed by atoms with E-state index in [1.54, 1.807) is 28.4 Å². The van der Waals surface area contributed by atoms with Gasteiger partial charge in [0.2, 0.25) is 0 Å². The summed E-state index contributed by atoms with van der Waals surface area (Å²) in [5.41, 5.74) is 30.1. The van der Waals surface area contributed by atoms with Crippen LogP contribution in [0, 0.1) is 50.4 Å². The molecule has 106 heavy (non-hydrogen) atoms. The first kappa shape index (κ1) is 78.2. The Morgan fingerprint density at radius 1 is 0.415 bits per heavy atom. The van der Waals surface area contributed by atoms with Crippen LogP contribution in [-0.2, 0) is 58.7 Å². The van der Waals surface area contributed by atoms with Gasteiger partial charge in [-0.25, -0.2) is 0 Å². The van der Waals surface area contributed by atoms with Crippen molar-refractivity contribution in [3.63, 3.8) is 0 Å². The monoisotopic (exact) mass is 1450 g/mol. The van der Waals surface area contributed by atoms with Gasteiger partial charge in [0.25, 0.3) is 0 Å². The standard InChI is InChI=1S/C43H60N6O6.C43H54N4O4/c1-13-48(14-2)19-25-33-27(17-29(52-11)35(25)53-12)41(7,8)21-43(33)22-42(9,10)28-18-30-36(26(34(28)43)20-49(15-3)16-4)55-38-32(40(45)47-51)24(6)23(5)31(37(38)54-30)39(44)46-50;1-13-46(14-2)21-29-35-31(17-33(48-11)37(29)49-12)41(7,8)23-43(35)24-42(9,10)32-18-34-38(30(36(32)43)22-47(15-3)16-4)51-40-28(20-45)26(6)25(5)27(19-44)39(40)50-34/h17-18,50-51H,13-16,19-22H2,1-12H3,(H2,44,46)(H2,45,47);17-18H,13-16,21-24H2,1-12H3. The van der Waals surface area contributed by atoms with E-state index in [0.717, 1.165) is 135 Å². The van der Waals surface area contributed by atoms with Gasteiger partial charge in [-0.2, -0.15) is 10.5 Å². The number of benzene rings is 6. The number of hydrogen-bond acceptors (Lipinski definition) is 18. The summed E-state index contributed by atoms with van der Waals surface area (Å²) in [7, 11) is 6.95. The number of amidine groups is 2. The maximum atomic E-state index is 10.4. The second-order valence-electron chi connectivity index (χ2n) is 32.4. The van der Waals surface area contributed by atoms with Gasteiger partial charge < -0.3 is 59.8 Å². The molecule has 20 nitrogen and oxygen atoms in total. The second-order valence-corrected chi connectivity index (χ2v) is 32.4. The van der Waals surface area contributed by atoms with Crippen LogP contribution in [0.3, 0.4) is 0 Å². The lowest BCUT2D eigenvalue weighted by molar-refractivity contribution is 0.277. The molecule has 0 radical (unpaired) electrons. The van der Waals surface area contributed by atoms with Crippen LogP contribution in [0.15, 0.2) is 34.6 Å². The minimum Gasteiger partial charge on any atom is -0.493 e. The van der Waals surface area contributed by atoms with E-state index in [2.05, 4.69) is 177 Å². The maximum Gasteiger partial charge on any atom is 0.189 e. The van der Waals surface area contributed by atoms with Crippen LogP contribution in [0.1, 0.15) is 248 Å². The number of nitrogens with two attached hydrogens (primary N) is 2. The van der Waals surface area contributed by atoms with Crippen molar-refractivity contribution < 1.29 is 48.3 Å². The molecule has 2 unspecified atom stereocenters. The summed E-state index contributed by atoms with van der Waals surface area (Å²) in [4.78, 5) is 9.71. The average Bonchev–Trinajstić information content (AvgIpc) is 1.51. The Bertz CT molecular complexity index is 4650. The number of methoxy groups -OCH3 is 4. The molecule has 6 aliphatic rings. The third-order valence-corrected chi connectivity index (χ3v) is 24.9. The van der Waals surface area contributed by atoms with Crippen LogP contribution >= 0.6 is 0 Å². The minimum absolute atomic E-state index is 0.131. The number of nitrogens with zero attached hydrogens (tertiary/aromatic N) is 8. The molecular weight excluding hydrogens is 1330 g/mol. The van der Waals surface area contributed by atoms with E-state index in [1.807, 2.05) is 27.7 Å². The molecule has 0 amide bonds. The van der Waals surface area contributed by atoms with E-state index < -0.39 is 5.41 Å². The molecule has 2 atom stereocenters. The number of ether oxygens (including phenoxy) is 8. The quantitative estimate of drug-likeness (QED) is 0.0213. The second kappa shape index (κ2) is 29.0. The van der Waals surface area contributed by atoms with Crippen molar-refractivity contribution in [3.8, 4) is 81.1 Å². The molecule has 2 spiro atoms. The van der Waals surface area contributed by atoms with Gasteiger partial charge >= 0.3 is 0 Å². The van der Waals surface area contributed by atoms with E-state index in [0.29, 0.717) is 87.5 Å². The van der Waals surface area contributed by atoms with Crippen molar-refractivity contribution in [2.75, 3.05) is 80.8 Å². The third-order valence-electron chi connectivity index (χ3n) is 24.9. The molecule has 0 bridgehead atoms. The number of nitriles is 2. The highest BCUT2D eigenvalue weighted by atomic mass is 16.6. The lowest BCUT2D eigenvalue weighted by atomic mass is 9.70. The Balaban J connectivity index is 0.000000212. The molecule has 6 aromatic carbocycles. The molecule has 12 rings (SSSR count). The van der Waals surface area contributed by atoms with Gasteiger partial charge in [-0.15, -0.1) is 0 Å². The number of rotatable bonds is 22. The summed E-state index contributed by atoms with van der Waals surface area (Å²) < 4.78 is 52.4. The van der Waals surface area contributed by atoms with Crippen molar-refractivity contribution in [2.45, 2.75) is 223 Å². The zero-order valence-corrected chi connectivity index (χ0v) is 67.5. The minimum atomic E-state index is -0.419. The highest BCUT2D eigenvalue weighted by Crippen LogP contribution is 2.71. The SMILES string of the molecule is CCN(CC)Cc1c(OC)c(OC)cc2c1C1(CC2(C)C)CC(C)(C)c2cc3c(c(CN(CC)CC)c21)Oc1c(C#N)c(C)c(C)c(C#N)c1O3.CCN(CC)Cc1c(OC)c(OC)cc2c1C1(CC2(C)C)CC(C)(C)c2cc3c(c(CN(CC)CC)c21)Oc1c(c(/C(N)=N/O)c(C)c(C)c1/C(N)=N/O)O3. The number of oxime groups is 2. The lowest BCUT2D eigenvalue weighted by Gasteiger charge is -2.36. The molecule has 568 valence electrons. The van der Waals surface area contributed by atoms with Gasteiger partial charge in [0.15, 0.2) is 80.7 Å². The molecule has 0 fully saturated rings. The topological polar surface area (TPSA) is 252 Å². The Morgan fingerprint density at radius 3 is 0.981 bits per heavy atom. The predicted molar refractivity (Wildman–Crippen MR) is 417 cm³/mol. The van der Waals surface area contributed by atoms with Gasteiger partial charge in [0.05, 0.1) is 39.6 Å². The number of fused-ring (bicyclic) bond motifs is 12. The first-order valence-electron chi connectivity index (χ1n) is 38.0. The number of hydrogen-bond donors (Lipinski definition) is 4. The molecule has 6 N–H and O–H groups in total. The molecular formula is C86H114N10O10. The van der Waals surface area contributed by atoms with E-state index in [-0.39, 0.29) is 50.2 Å². The molecule has 2 aliphatic heterocycles. The summed E-state index contributed by atoms with van der Waals surface area (Å²) in [6, 6.07) is 13.5. The Morgan fingerprint density at radius 2 is 0.689 bits per heavy atom. The van der Waals surface area contributed by atoms with Crippen molar-refractivity contribution in [2.24, 2.45) is 21.8 Å². The summed E-state index contributed by atoms with van der Waals surface area (Å²) in [5, 5.41) is 47.3. The van der Waals surface area contributed by atoms with E-state index in [4.69, 9.17) is 49.4 Å². The van der Waals surface area contributed by atoms with Crippen molar-refractivity contribution in [1.29, 1.82) is 10.5 Å². The summed E-state index contributed by atoms with van der Waals surface area (Å²) in [5.74, 6) is 6.35. The largest absolute Gasteiger partial charge is 0.493 e. The van der Waals surface area contributed by atoms with Crippen LogP contribution in [0.4, 0.5) is 0 Å². The van der Waals surface area contributed by atoms with Crippen molar-refractivity contribution >= 4 is 11.7 Å². The average molecular weight is 1450 g/mol. The fraction of sp³-hybridized carbons (Fsp3) is 0.535. The van der Waals surface area contributed by atoms with Gasteiger partial charge in [-0.05, 0) is 218 Å². The van der Waals surface area contributed by atoms with Gasteiger partial charge in [0, 0.05) is 59.3 Å². The fourth-order valence-corrected chi connectivity index (χ4v) is 19.7. The molecule has 2 heterocycles. The molecule has 20 heteroatoms. The highest BCUT2D eigenvalue weighted by Gasteiger charge is 2.62. The third kappa shape index (κ3) is 12.2. The summed E-state index contributed by atoms with van der Waals surface area (Å²) in [6.45, 7) is 53.4. The Labute approximate surface area is 629 Å². The normalized spacial score (nSPS) is 19.0. The fourth-order valence-electron chi connectivity index (χ4n) is 19.7.